The van der Waals surface area contributed by atoms with Gasteiger partial charge in [0.2, 0.25) is 0 Å². The summed E-state index contributed by atoms with van der Waals surface area (Å²) in [4.78, 5) is 20.4. The van der Waals surface area contributed by atoms with Crippen molar-refractivity contribution in [2.24, 2.45) is 11.8 Å². The Morgan fingerprint density at radius 1 is 1.19 bits per heavy atom. The van der Waals surface area contributed by atoms with E-state index in [4.69, 9.17) is 4.74 Å². The molecule has 2 bridgehead atoms. The number of hydrogen-bond donors (Lipinski definition) is 0. The summed E-state index contributed by atoms with van der Waals surface area (Å²) in [5.74, 6) is 1.13. The highest BCUT2D eigenvalue weighted by atomic mass is 19.1. The molecule has 2 atom stereocenters. The zero-order valence-electron chi connectivity index (χ0n) is 17.6. The highest BCUT2D eigenvalue weighted by Gasteiger charge is 2.51. The van der Waals surface area contributed by atoms with Crippen molar-refractivity contribution in [3.63, 3.8) is 0 Å². The van der Waals surface area contributed by atoms with Crippen LogP contribution in [0.5, 0.6) is 5.75 Å². The van der Waals surface area contributed by atoms with Crippen LogP contribution in [0.4, 0.5) is 4.39 Å². The second-order valence-electron chi connectivity index (χ2n) is 8.56. The smallest absolute Gasteiger partial charge is 0.275 e. The predicted octanol–water partition coefficient (Wildman–Crippen LogP) is 4.03. The number of hydrogen-bond acceptors (Lipinski definition) is 4. The fraction of sp³-hybridized carbons (Fsp3) is 0.375. The second kappa shape index (κ2) is 7.80. The van der Waals surface area contributed by atoms with E-state index in [-0.39, 0.29) is 23.8 Å². The average molecular weight is 420 g/mol. The minimum absolute atomic E-state index is 0.0668. The van der Waals surface area contributed by atoms with Gasteiger partial charge in [-0.05, 0) is 74.1 Å². The van der Waals surface area contributed by atoms with E-state index in [1.807, 2.05) is 36.2 Å². The molecule has 3 aromatic rings. The molecule has 0 spiro atoms. The van der Waals surface area contributed by atoms with Crippen LogP contribution >= 0.6 is 0 Å². The van der Waals surface area contributed by atoms with Crippen molar-refractivity contribution in [3.05, 3.63) is 72.1 Å². The molecule has 6 nitrogen and oxygen atoms in total. The van der Waals surface area contributed by atoms with Gasteiger partial charge in [0.15, 0.2) is 5.69 Å². The van der Waals surface area contributed by atoms with E-state index in [1.54, 1.807) is 23.0 Å². The fourth-order valence-electron chi connectivity index (χ4n) is 4.81. The molecule has 2 aliphatic heterocycles. The lowest BCUT2D eigenvalue weighted by Gasteiger charge is -2.57. The standard InChI is InChI=1S/C24H25FN4O2/c1-15-4-9-21(28-11-3-10-26-28)23(27-15)24(30)29-19-12-17(13-19)16(2)22(29)14-31-20-7-5-18(25)6-8-20/h3-11,16-17,19,22H,12-14H2,1-2H3/t16-,17?,19?,22+/m0/s1. The molecule has 0 radical (unpaired) electrons. The molecule has 3 fully saturated rings. The molecule has 1 saturated carbocycles. The molecule has 3 aliphatic rings. The third kappa shape index (κ3) is 3.58. The van der Waals surface area contributed by atoms with E-state index in [0.717, 1.165) is 18.5 Å². The van der Waals surface area contributed by atoms with E-state index in [1.165, 1.54) is 12.1 Å². The topological polar surface area (TPSA) is 60.2 Å². The molecular weight excluding hydrogens is 395 g/mol. The highest BCUT2D eigenvalue weighted by molar-refractivity contribution is 5.96. The minimum Gasteiger partial charge on any atom is -0.491 e. The molecule has 1 aromatic carbocycles. The Morgan fingerprint density at radius 2 is 1.97 bits per heavy atom. The molecule has 1 amide bonds. The van der Waals surface area contributed by atoms with Crippen LogP contribution < -0.4 is 4.74 Å². The lowest BCUT2D eigenvalue weighted by molar-refractivity contribution is -0.0673. The van der Waals surface area contributed by atoms with Crippen molar-refractivity contribution >= 4 is 5.91 Å². The number of ether oxygens (including phenoxy) is 1. The van der Waals surface area contributed by atoms with Crippen LogP contribution in [0.1, 0.15) is 35.9 Å². The number of carbonyl (C=O) groups is 1. The van der Waals surface area contributed by atoms with Gasteiger partial charge in [-0.15, -0.1) is 0 Å². The number of pyridine rings is 1. The molecular formula is C24H25FN4O2. The van der Waals surface area contributed by atoms with Crippen LogP contribution in [-0.2, 0) is 0 Å². The van der Waals surface area contributed by atoms with Gasteiger partial charge in [-0.25, -0.2) is 14.1 Å². The maximum Gasteiger partial charge on any atom is 0.275 e. The Kier molecular flexibility index (Phi) is 4.96. The number of rotatable bonds is 5. The van der Waals surface area contributed by atoms with Crippen molar-refractivity contribution in [1.82, 2.24) is 19.7 Å². The van der Waals surface area contributed by atoms with Gasteiger partial charge in [-0.2, -0.15) is 5.10 Å². The van der Waals surface area contributed by atoms with Gasteiger partial charge in [0.25, 0.3) is 5.91 Å². The first kappa shape index (κ1) is 19.7. The van der Waals surface area contributed by atoms with Crippen LogP contribution in [0.2, 0.25) is 0 Å². The third-order valence-corrected chi connectivity index (χ3v) is 6.69. The Balaban J connectivity index is 1.45. The number of amides is 1. The Morgan fingerprint density at radius 3 is 2.68 bits per heavy atom. The largest absolute Gasteiger partial charge is 0.491 e. The Bertz CT molecular complexity index is 1080. The van der Waals surface area contributed by atoms with Crippen molar-refractivity contribution in [2.45, 2.75) is 38.8 Å². The van der Waals surface area contributed by atoms with Crippen LogP contribution in [0.3, 0.4) is 0 Å². The number of carbonyl (C=O) groups excluding carboxylic acids is 1. The summed E-state index contributed by atoms with van der Waals surface area (Å²) in [6, 6.07) is 11.7. The van der Waals surface area contributed by atoms with Crippen molar-refractivity contribution in [3.8, 4) is 11.4 Å². The number of aryl methyl sites for hydroxylation is 1. The predicted molar refractivity (Wildman–Crippen MR) is 114 cm³/mol. The molecule has 0 unspecified atom stereocenters. The van der Waals surface area contributed by atoms with Crippen molar-refractivity contribution < 1.29 is 13.9 Å². The molecule has 7 heteroatoms. The van der Waals surface area contributed by atoms with Crippen LogP contribution in [-0.4, -0.2) is 44.3 Å². The molecule has 2 saturated heterocycles. The van der Waals surface area contributed by atoms with E-state index in [9.17, 15) is 9.18 Å². The first-order valence-electron chi connectivity index (χ1n) is 10.7. The van der Waals surface area contributed by atoms with Gasteiger partial charge in [0.1, 0.15) is 18.2 Å². The van der Waals surface area contributed by atoms with Crippen molar-refractivity contribution in [1.29, 1.82) is 0 Å². The first-order valence-corrected chi connectivity index (χ1v) is 10.7. The zero-order valence-corrected chi connectivity index (χ0v) is 17.6. The summed E-state index contributed by atoms with van der Waals surface area (Å²) >= 11 is 0. The minimum atomic E-state index is -0.298. The SMILES string of the molecule is Cc1ccc(-n2cccn2)c(C(=O)N2C3CC(C3)[C@H](C)[C@H]2COc2ccc(F)cc2)n1. The van der Waals surface area contributed by atoms with Crippen LogP contribution in [0.15, 0.2) is 54.9 Å². The molecule has 160 valence electrons. The molecule has 2 aromatic heterocycles. The number of benzene rings is 1. The maximum atomic E-state index is 13.8. The first-order chi connectivity index (χ1) is 15.0. The molecule has 31 heavy (non-hydrogen) atoms. The van der Waals surface area contributed by atoms with Crippen molar-refractivity contribution in [2.75, 3.05) is 6.61 Å². The monoisotopic (exact) mass is 420 g/mol. The normalized spacial score (nSPS) is 24.5. The van der Waals surface area contributed by atoms with Gasteiger partial charge in [-0.1, -0.05) is 6.92 Å². The maximum absolute atomic E-state index is 13.8. The van der Waals surface area contributed by atoms with E-state index >= 15 is 0 Å². The van der Waals surface area contributed by atoms with Crippen LogP contribution in [0.25, 0.3) is 5.69 Å². The lowest BCUT2D eigenvalue weighted by Crippen LogP contribution is -2.64. The lowest BCUT2D eigenvalue weighted by atomic mass is 9.64. The second-order valence-corrected chi connectivity index (χ2v) is 8.56. The summed E-state index contributed by atoms with van der Waals surface area (Å²) < 4.78 is 20.9. The summed E-state index contributed by atoms with van der Waals surface area (Å²) in [6.45, 7) is 4.45. The number of piperidine rings is 2. The molecule has 1 aliphatic carbocycles. The van der Waals surface area contributed by atoms with Gasteiger partial charge in [-0.3, -0.25) is 4.79 Å². The summed E-state index contributed by atoms with van der Waals surface area (Å²) in [5.41, 5.74) is 1.87. The number of aromatic nitrogens is 3. The number of fused-ring (bicyclic) bond motifs is 2. The quantitative estimate of drug-likeness (QED) is 0.625. The average Bonchev–Trinajstić information content (AvgIpc) is 3.27. The molecule has 6 rings (SSSR count). The van der Waals surface area contributed by atoms with Crippen LogP contribution in [0, 0.1) is 24.6 Å². The van der Waals surface area contributed by atoms with Gasteiger partial charge < -0.3 is 9.64 Å². The van der Waals surface area contributed by atoms with E-state index < -0.39 is 0 Å². The summed E-state index contributed by atoms with van der Waals surface area (Å²) in [6.07, 6.45) is 5.54. The number of halogens is 1. The fourth-order valence-corrected chi connectivity index (χ4v) is 4.81. The number of nitrogens with zero attached hydrogens (tertiary/aromatic N) is 4. The van der Waals surface area contributed by atoms with Gasteiger partial charge in [0, 0.05) is 24.1 Å². The third-order valence-electron chi connectivity index (χ3n) is 6.69. The Hall–Kier alpha value is -3.22. The van der Waals surface area contributed by atoms with Gasteiger partial charge in [0.05, 0.1) is 11.7 Å². The summed E-state index contributed by atoms with van der Waals surface area (Å²) in [5, 5.41) is 4.30. The summed E-state index contributed by atoms with van der Waals surface area (Å²) in [7, 11) is 0. The van der Waals surface area contributed by atoms with E-state index in [0.29, 0.717) is 35.6 Å². The molecule has 4 heterocycles. The molecule has 0 N–H and O–H groups in total. The Labute approximate surface area is 180 Å². The van der Waals surface area contributed by atoms with E-state index in [2.05, 4.69) is 17.0 Å². The highest BCUT2D eigenvalue weighted by Crippen LogP contribution is 2.47. The zero-order chi connectivity index (χ0) is 21.5. The van der Waals surface area contributed by atoms with Gasteiger partial charge >= 0.3 is 0 Å².